The summed E-state index contributed by atoms with van der Waals surface area (Å²) in [5.41, 5.74) is 2.94. The second-order valence-electron chi connectivity index (χ2n) is 7.88. The number of benzene rings is 2. The first-order valence-electron chi connectivity index (χ1n) is 10.1. The van der Waals surface area contributed by atoms with Crippen LogP contribution in [-0.2, 0) is 6.54 Å². The van der Waals surface area contributed by atoms with Crippen LogP contribution >= 0.6 is 11.6 Å². The van der Waals surface area contributed by atoms with Crippen molar-refractivity contribution in [2.75, 3.05) is 44.7 Å². The molecule has 1 heterocycles. The molecule has 0 unspecified atom stereocenters. The molecule has 1 aliphatic heterocycles. The Morgan fingerprint density at radius 2 is 1.90 bits per heavy atom. The molecule has 2 aromatic rings. The quantitative estimate of drug-likeness (QED) is 0.740. The zero-order valence-corrected chi connectivity index (χ0v) is 18.2. The number of methoxy groups -OCH3 is 1. The third-order valence-corrected chi connectivity index (χ3v) is 5.36. The summed E-state index contributed by atoms with van der Waals surface area (Å²) in [5.74, 6) is 1.29. The van der Waals surface area contributed by atoms with Gasteiger partial charge in [-0.3, -0.25) is 9.69 Å². The molecule has 0 bridgehead atoms. The molecule has 5 nitrogen and oxygen atoms in total. The van der Waals surface area contributed by atoms with Crippen molar-refractivity contribution in [3.63, 3.8) is 0 Å². The highest BCUT2D eigenvalue weighted by molar-refractivity contribution is 6.30. The van der Waals surface area contributed by atoms with Gasteiger partial charge >= 0.3 is 0 Å². The molecule has 1 amide bonds. The van der Waals surface area contributed by atoms with Gasteiger partial charge in [-0.1, -0.05) is 37.6 Å². The van der Waals surface area contributed by atoms with E-state index in [1.807, 2.05) is 36.4 Å². The SMILES string of the molecule is COc1ccc(Cl)cc1N1CCN(Cc2cccc(C(=O)NCC(C)C)c2)CC1. The number of carbonyl (C=O) groups is 1. The summed E-state index contributed by atoms with van der Waals surface area (Å²) < 4.78 is 5.49. The highest BCUT2D eigenvalue weighted by atomic mass is 35.5. The van der Waals surface area contributed by atoms with Crippen LogP contribution in [0.25, 0.3) is 0 Å². The van der Waals surface area contributed by atoms with E-state index in [9.17, 15) is 4.79 Å². The van der Waals surface area contributed by atoms with Crippen LogP contribution in [-0.4, -0.2) is 50.6 Å². The van der Waals surface area contributed by atoms with E-state index in [0.717, 1.165) is 60.3 Å². The zero-order chi connectivity index (χ0) is 20.8. The number of anilines is 1. The lowest BCUT2D eigenvalue weighted by Crippen LogP contribution is -2.46. The predicted octanol–water partition coefficient (Wildman–Crippen LogP) is 4.06. The predicted molar refractivity (Wildman–Crippen MR) is 119 cm³/mol. The molecule has 29 heavy (non-hydrogen) atoms. The average Bonchev–Trinajstić information content (AvgIpc) is 2.72. The van der Waals surface area contributed by atoms with Crippen LogP contribution in [0.15, 0.2) is 42.5 Å². The maximum absolute atomic E-state index is 12.3. The number of nitrogens with zero attached hydrogens (tertiary/aromatic N) is 2. The normalized spacial score (nSPS) is 14.9. The van der Waals surface area contributed by atoms with Gasteiger partial charge in [-0.25, -0.2) is 0 Å². The Labute approximate surface area is 178 Å². The van der Waals surface area contributed by atoms with E-state index in [1.54, 1.807) is 7.11 Å². The Hall–Kier alpha value is -2.24. The summed E-state index contributed by atoms with van der Waals surface area (Å²) in [6.45, 7) is 9.42. The molecule has 0 radical (unpaired) electrons. The summed E-state index contributed by atoms with van der Waals surface area (Å²) in [5, 5.41) is 3.71. The van der Waals surface area contributed by atoms with Gasteiger partial charge in [-0.15, -0.1) is 0 Å². The van der Waals surface area contributed by atoms with Gasteiger partial charge in [0.1, 0.15) is 5.75 Å². The summed E-state index contributed by atoms with van der Waals surface area (Å²) in [7, 11) is 1.69. The van der Waals surface area contributed by atoms with Gasteiger partial charge in [0.15, 0.2) is 0 Å². The molecule has 0 atom stereocenters. The Bertz CT molecular complexity index is 833. The molecular formula is C23H30ClN3O2. The number of nitrogens with one attached hydrogen (secondary N) is 1. The number of hydrogen-bond acceptors (Lipinski definition) is 4. The lowest BCUT2D eigenvalue weighted by atomic mass is 10.1. The lowest BCUT2D eigenvalue weighted by molar-refractivity contribution is 0.0949. The Morgan fingerprint density at radius 3 is 2.59 bits per heavy atom. The maximum Gasteiger partial charge on any atom is 0.251 e. The highest BCUT2D eigenvalue weighted by Gasteiger charge is 2.20. The molecule has 0 aromatic heterocycles. The monoisotopic (exact) mass is 415 g/mol. The van der Waals surface area contributed by atoms with Crippen molar-refractivity contribution in [3.05, 3.63) is 58.6 Å². The number of halogens is 1. The first-order chi connectivity index (χ1) is 14.0. The molecule has 156 valence electrons. The van der Waals surface area contributed by atoms with Gasteiger partial charge < -0.3 is 15.0 Å². The molecular weight excluding hydrogens is 386 g/mol. The minimum absolute atomic E-state index is 0.00146. The fourth-order valence-corrected chi connectivity index (χ4v) is 3.69. The van der Waals surface area contributed by atoms with E-state index in [0.29, 0.717) is 12.5 Å². The first-order valence-corrected chi connectivity index (χ1v) is 10.5. The molecule has 2 aromatic carbocycles. The van der Waals surface area contributed by atoms with Gasteiger partial charge in [0.2, 0.25) is 0 Å². The maximum atomic E-state index is 12.3. The number of piperazine rings is 1. The number of hydrogen-bond donors (Lipinski definition) is 1. The van der Waals surface area contributed by atoms with Crippen molar-refractivity contribution in [3.8, 4) is 5.75 Å². The topological polar surface area (TPSA) is 44.8 Å². The summed E-state index contributed by atoms with van der Waals surface area (Å²) >= 11 is 6.18. The Morgan fingerprint density at radius 1 is 1.14 bits per heavy atom. The minimum atomic E-state index is -0.00146. The number of amides is 1. The smallest absolute Gasteiger partial charge is 0.251 e. The van der Waals surface area contributed by atoms with E-state index in [1.165, 1.54) is 0 Å². The number of carbonyl (C=O) groups excluding carboxylic acids is 1. The van der Waals surface area contributed by atoms with Gasteiger partial charge in [-0.2, -0.15) is 0 Å². The van der Waals surface area contributed by atoms with Gasteiger partial charge in [-0.05, 0) is 41.8 Å². The van der Waals surface area contributed by atoms with Gasteiger partial charge in [0.25, 0.3) is 5.91 Å². The van der Waals surface area contributed by atoms with Crippen LogP contribution < -0.4 is 15.0 Å². The summed E-state index contributed by atoms with van der Waals surface area (Å²) in [6.07, 6.45) is 0. The molecule has 1 fully saturated rings. The fraction of sp³-hybridized carbons (Fsp3) is 0.435. The largest absolute Gasteiger partial charge is 0.495 e. The lowest BCUT2D eigenvalue weighted by Gasteiger charge is -2.36. The minimum Gasteiger partial charge on any atom is -0.495 e. The summed E-state index contributed by atoms with van der Waals surface area (Å²) in [6, 6.07) is 13.7. The highest BCUT2D eigenvalue weighted by Crippen LogP contribution is 2.32. The molecule has 1 saturated heterocycles. The van der Waals surface area contributed by atoms with Crippen molar-refractivity contribution in [2.24, 2.45) is 5.92 Å². The molecule has 1 aliphatic rings. The van der Waals surface area contributed by atoms with Crippen LogP contribution in [0.2, 0.25) is 5.02 Å². The third-order valence-electron chi connectivity index (χ3n) is 5.12. The van der Waals surface area contributed by atoms with E-state index in [-0.39, 0.29) is 5.91 Å². The van der Waals surface area contributed by atoms with E-state index < -0.39 is 0 Å². The number of rotatable bonds is 7. The second-order valence-corrected chi connectivity index (χ2v) is 8.32. The van der Waals surface area contributed by atoms with E-state index in [2.05, 4.69) is 35.0 Å². The standard InChI is InChI=1S/C23H30ClN3O2/c1-17(2)15-25-23(28)19-6-4-5-18(13-19)16-26-9-11-27(12-10-26)21-14-20(24)7-8-22(21)29-3/h4-8,13-14,17H,9-12,15-16H2,1-3H3,(H,25,28). The van der Waals surface area contributed by atoms with Crippen LogP contribution in [0.4, 0.5) is 5.69 Å². The Balaban J connectivity index is 1.58. The molecule has 0 aliphatic carbocycles. The van der Waals surface area contributed by atoms with Crippen molar-refractivity contribution < 1.29 is 9.53 Å². The number of ether oxygens (including phenoxy) is 1. The van der Waals surface area contributed by atoms with Crippen molar-refractivity contribution in [2.45, 2.75) is 20.4 Å². The fourth-order valence-electron chi connectivity index (χ4n) is 3.53. The van der Waals surface area contributed by atoms with Crippen LogP contribution in [0, 0.1) is 5.92 Å². The zero-order valence-electron chi connectivity index (χ0n) is 17.5. The van der Waals surface area contributed by atoms with Crippen LogP contribution in [0.1, 0.15) is 29.8 Å². The second kappa shape index (κ2) is 9.99. The Kier molecular flexibility index (Phi) is 7.40. The molecule has 1 N–H and O–H groups in total. The molecule has 0 spiro atoms. The van der Waals surface area contributed by atoms with Crippen molar-refractivity contribution >= 4 is 23.2 Å². The van der Waals surface area contributed by atoms with E-state index in [4.69, 9.17) is 16.3 Å². The third kappa shape index (κ3) is 5.87. The van der Waals surface area contributed by atoms with Gasteiger partial charge in [0.05, 0.1) is 12.8 Å². The van der Waals surface area contributed by atoms with Gasteiger partial charge in [0, 0.05) is 49.9 Å². The first kappa shape index (κ1) is 21.5. The van der Waals surface area contributed by atoms with Crippen LogP contribution in [0.3, 0.4) is 0 Å². The molecule has 3 rings (SSSR count). The summed E-state index contributed by atoms with van der Waals surface area (Å²) in [4.78, 5) is 17.1. The van der Waals surface area contributed by atoms with Crippen LogP contribution in [0.5, 0.6) is 5.75 Å². The average molecular weight is 416 g/mol. The molecule has 0 saturated carbocycles. The van der Waals surface area contributed by atoms with E-state index >= 15 is 0 Å². The van der Waals surface area contributed by atoms with Crippen molar-refractivity contribution in [1.82, 2.24) is 10.2 Å². The molecule has 6 heteroatoms. The van der Waals surface area contributed by atoms with Crippen molar-refractivity contribution in [1.29, 1.82) is 0 Å².